The predicted molar refractivity (Wildman–Crippen MR) is 80.0 cm³/mol. The molecular weight excluding hydrogens is 486 g/mol. The Morgan fingerprint density at radius 1 is 0.895 bits per heavy atom. The minimum absolute atomic E-state index is 0. The van der Waals surface area contributed by atoms with Crippen LogP contribution in [0.5, 0.6) is 0 Å². The Morgan fingerprint density at radius 2 is 1.37 bits per heavy atom. The van der Waals surface area contributed by atoms with Crippen LogP contribution in [0, 0.1) is 0 Å². The molecule has 2 radical (unpaired) electrons. The van der Waals surface area contributed by atoms with Crippen LogP contribution >= 0.6 is 0 Å². The molecule has 0 aromatic carbocycles. The molecule has 0 heterocycles. The molecule has 0 aliphatic rings. The van der Waals surface area contributed by atoms with Gasteiger partial charge in [0.05, 0.1) is 0 Å². The second-order valence-electron chi connectivity index (χ2n) is 4.99. The average Bonchev–Trinajstić information content (AvgIpc) is 2.36. The van der Waals surface area contributed by atoms with E-state index in [0.29, 0.717) is 6.42 Å². The maximum atomic E-state index is 11.2. The molecule has 0 saturated heterocycles. The molecule has 0 aromatic rings. The molecule has 0 unspecified atom stereocenters. The van der Waals surface area contributed by atoms with Crippen LogP contribution in [0.3, 0.4) is 0 Å². The van der Waals surface area contributed by atoms with Gasteiger partial charge in [-0.05, 0) is 0 Å². The minimum Gasteiger partial charge on any atom is 0 e. The van der Waals surface area contributed by atoms with Crippen molar-refractivity contribution in [2.45, 2.75) is 82.9 Å². The number of carbonyl (C=O) groups excluding carboxylic acids is 1. The van der Waals surface area contributed by atoms with E-state index >= 15 is 0 Å². The summed E-state index contributed by atoms with van der Waals surface area (Å²) >= 11 is 2.86. The van der Waals surface area contributed by atoms with Gasteiger partial charge in [0.25, 0.3) is 0 Å². The SMILES string of the molecule is CCCCCCCCCCCCNC(=O)CC[Se].[Au]. The van der Waals surface area contributed by atoms with E-state index in [4.69, 9.17) is 0 Å². The first kappa shape index (κ1) is 22.0. The van der Waals surface area contributed by atoms with Gasteiger partial charge in [0, 0.05) is 22.4 Å². The second kappa shape index (κ2) is 18.7. The first-order valence-corrected chi connectivity index (χ1v) is 8.87. The van der Waals surface area contributed by atoms with Crippen LogP contribution < -0.4 is 5.32 Å². The molecular formula is C15H30AuNOSe. The summed E-state index contributed by atoms with van der Waals surface area (Å²) in [7, 11) is 0. The molecule has 0 aliphatic heterocycles. The molecule has 1 N–H and O–H groups in total. The Labute approximate surface area is 143 Å². The smallest absolute Gasteiger partial charge is 0 e. The van der Waals surface area contributed by atoms with Crippen LogP contribution in [0.1, 0.15) is 77.6 Å². The summed E-state index contributed by atoms with van der Waals surface area (Å²) in [5.41, 5.74) is 0. The van der Waals surface area contributed by atoms with Crippen molar-refractivity contribution in [3.63, 3.8) is 0 Å². The molecule has 0 atom stereocenters. The normalized spacial score (nSPS) is 10.0. The zero-order chi connectivity index (χ0) is 13.5. The van der Waals surface area contributed by atoms with E-state index in [2.05, 4.69) is 28.3 Å². The van der Waals surface area contributed by atoms with E-state index < -0.39 is 0 Å². The summed E-state index contributed by atoms with van der Waals surface area (Å²) in [6.07, 6.45) is 14.1. The number of unbranched alkanes of at least 4 members (excludes halogenated alkanes) is 9. The Balaban J connectivity index is 0. The van der Waals surface area contributed by atoms with Crippen LogP contribution in [0.25, 0.3) is 0 Å². The van der Waals surface area contributed by atoms with E-state index in [1.807, 2.05) is 0 Å². The number of amides is 1. The predicted octanol–water partition coefficient (Wildman–Crippen LogP) is 4.00. The van der Waals surface area contributed by atoms with Gasteiger partial charge < -0.3 is 0 Å². The Hall–Kier alpha value is 0.730. The van der Waals surface area contributed by atoms with Crippen molar-refractivity contribution in [1.29, 1.82) is 0 Å². The van der Waals surface area contributed by atoms with Crippen LogP contribution in [0.15, 0.2) is 0 Å². The first-order chi connectivity index (χ1) is 8.81. The van der Waals surface area contributed by atoms with Gasteiger partial charge in [-0.2, -0.15) is 0 Å². The molecule has 19 heavy (non-hydrogen) atoms. The average molecular weight is 516 g/mol. The third-order valence-electron chi connectivity index (χ3n) is 3.18. The Kier molecular flexibility index (Phi) is 21.7. The summed E-state index contributed by atoms with van der Waals surface area (Å²) in [5.74, 6) is 0.185. The standard InChI is InChI=1S/C15H30NOSe.Au/c1-2-3-4-5-6-7-8-9-10-11-13-16-15(17)12-14-18;/h2-14H2,1H3,(H,16,17);. The maximum absolute atomic E-state index is 11.2. The summed E-state index contributed by atoms with van der Waals surface area (Å²) < 4.78 is 0. The van der Waals surface area contributed by atoms with Crippen LogP contribution in [-0.2, 0) is 27.2 Å². The number of carbonyl (C=O) groups is 1. The van der Waals surface area contributed by atoms with Crippen molar-refractivity contribution in [3.8, 4) is 0 Å². The molecule has 0 bridgehead atoms. The molecule has 0 saturated carbocycles. The van der Waals surface area contributed by atoms with Crippen LogP contribution in [-0.4, -0.2) is 28.5 Å². The van der Waals surface area contributed by atoms with E-state index in [0.717, 1.165) is 18.3 Å². The van der Waals surface area contributed by atoms with Gasteiger partial charge in [-0.3, -0.25) is 0 Å². The topological polar surface area (TPSA) is 29.1 Å². The number of nitrogens with one attached hydrogen (secondary N) is 1. The zero-order valence-electron chi connectivity index (χ0n) is 12.3. The van der Waals surface area contributed by atoms with Gasteiger partial charge >= 0.3 is 95.3 Å². The van der Waals surface area contributed by atoms with Gasteiger partial charge in [0.1, 0.15) is 0 Å². The third-order valence-corrected chi connectivity index (χ3v) is 3.61. The number of hydrogen-bond acceptors (Lipinski definition) is 1. The minimum atomic E-state index is 0. The van der Waals surface area contributed by atoms with Crippen molar-refractivity contribution < 1.29 is 27.2 Å². The zero-order valence-corrected chi connectivity index (χ0v) is 16.2. The molecule has 2 nitrogen and oxygen atoms in total. The quantitative estimate of drug-likeness (QED) is 0.291. The van der Waals surface area contributed by atoms with Gasteiger partial charge in [-0.1, -0.05) is 26.2 Å². The van der Waals surface area contributed by atoms with Crippen molar-refractivity contribution >= 4 is 21.9 Å². The summed E-state index contributed by atoms with van der Waals surface area (Å²) in [6, 6.07) is 0. The van der Waals surface area contributed by atoms with Crippen LogP contribution in [0.4, 0.5) is 0 Å². The molecule has 1 amide bonds. The van der Waals surface area contributed by atoms with E-state index in [9.17, 15) is 4.79 Å². The molecule has 118 valence electrons. The summed E-state index contributed by atoms with van der Waals surface area (Å²) in [4.78, 5) is 11.2. The molecule has 0 aromatic heterocycles. The van der Waals surface area contributed by atoms with Crippen molar-refractivity contribution in [3.05, 3.63) is 0 Å². The van der Waals surface area contributed by atoms with E-state index in [-0.39, 0.29) is 28.3 Å². The Morgan fingerprint density at radius 3 is 1.84 bits per heavy atom. The molecule has 0 spiro atoms. The molecule has 0 fully saturated rings. The van der Waals surface area contributed by atoms with Gasteiger partial charge in [-0.15, -0.1) is 0 Å². The van der Waals surface area contributed by atoms with Crippen LogP contribution in [0.2, 0.25) is 5.32 Å². The Bertz CT molecular complexity index is 191. The summed E-state index contributed by atoms with van der Waals surface area (Å²) in [5, 5.41) is 3.77. The monoisotopic (exact) mass is 517 g/mol. The maximum Gasteiger partial charge on any atom is 0 e. The fraction of sp³-hybridized carbons (Fsp3) is 0.933. The largest absolute Gasteiger partial charge is 0 e. The number of hydrogen-bond donors (Lipinski definition) is 1. The molecule has 0 aliphatic carbocycles. The fourth-order valence-corrected chi connectivity index (χ4v) is 2.41. The third kappa shape index (κ3) is 18.7. The van der Waals surface area contributed by atoms with Crippen molar-refractivity contribution in [1.82, 2.24) is 5.32 Å². The van der Waals surface area contributed by atoms with Crippen molar-refractivity contribution in [2.75, 3.05) is 6.54 Å². The number of rotatable bonds is 13. The van der Waals surface area contributed by atoms with Crippen molar-refractivity contribution in [2.24, 2.45) is 0 Å². The van der Waals surface area contributed by atoms with E-state index in [1.54, 1.807) is 0 Å². The summed E-state index contributed by atoms with van der Waals surface area (Å²) in [6.45, 7) is 3.12. The second-order valence-corrected chi connectivity index (χ2v) is 5.84. The van der Waals surface area contributed by atoms with Gasteiger partial charge in [0.15, 0.2) is 0 Å². The fourth-order valence-electron chi connectivity index (χ4n) is 2.02. The molecule has 0 rings (SSSR count). The van der Waals surface area contributed by atoms with E-state index in [1.165, 1.54) is 57.8 Å². The molecule has 4 heteroatoms. The first-order valence-electron chi connectivity index (χ1n) is 7.66. The van der Waals surface area contributed by atoms with Gasteiger partial charge in [-0.25, -0.2) is 0 Å². The van der Waals surface area contributed by atoms with Gasteiger partial charge in [0.2, 0.25) is 0 Å².